The lowest BCUT2D eigenvalue weighted by molar-refractivity contribution is -0.385. The van der Waals surface area contributed by atoms with Crippen molar-refractivity contribution in [2.24, 2.45) is 0 Å². The zero-order valence-electron chi connectivity index (χ0n) is 7.76. The normalized spacial score (nSPS) is 9.67. The Kier molecular flexibility index (Phi) is 2.75. The second-order valence-electron chi connectivity index (χ2n) is 2.68. The number of anilines is 1. The van der Waals surface area contributed by atoms with Gasteiger partial charge in [-0.15, -0.1) is 0 Å². The number of carbonyl (C=O) groups is 1. The molecule has 1 aromatic rings. The van der Waals surface area contributed by atoms with Crippen LogP contribution in [0.15, 0.2) is 12.1 Å². The fourth-order valence-corrected chi connectivity index (χ4v) is 1.14. The molecule has 0 aliphatic heterocycles. The average molecular weight is 212 g/mol. The summed E-state index contributed by atoms with van der Waals surface area (Å²) in [7, 11) is 1.16. The number of hydrogen-bond acceptors (Lipinski definition) is 5. The predicted molar refractivity (Wildman–Crippen MR) is 51.0 cm³/mol. The summed E-state index contributed by atoms with van der Waals surface area (Å²) in [6.07, 6.45) is 0. The number of methoxy groups -OCH3 is 1. The first-order valence-corrected chi connectivity index (χ1v) is 3.82. The molecule has 7 heteroatoms. The number of carboxylic acids is 1. The second-order valence-corrected chi connectivity index (χ2v) is 2.68. The molecule has 0 spiro atoms. The number of aromatic carboxylic acids is 1. The number of nitro groups is 1. The minimum Gasteiger partial charge on any atom is -0.490 e. The molecule has 0 fully saturated rings. The molecule has 0 amide bonds. The minimum absolute atomic E-state index is 0.0000926. The van der Waals surface area contributed by atoms with Gasteiger partial charge in [-0.2, -0.15) is 0 Å². The smallest absolute Gasteiger partial charge is 0.339 e. The first-order valence-electron chi connectivity index (χ1n) is 3.82. The molecule has 7 nitrogen and oxygen atoms in total. The van der Waals surface area contributed by atoms with Crippen LogP contribution in [0.3, 0.4) is 0 Å². The van der Waals surface area contributed by atoms with Gasteiger partial charge in [0.1, 0.15) is 5.56 Å². The van der Waals surface area contributed by atoms with E-state index in [2.05, 4.69) is 4.74 Å². The van der Waals surface area contributed by atoms with E-state index < -0.39 is 16.6 Å². The summed E-state index contributed by atoms with van der Waals surface area (Å²) < 4.78 is 4.68. The lowest BCUT2D eigenvalue weighted by Crippen LogP contribution is -2.05. The van der Waals surface area contributed by atoms with Crippen LogP contribution in [-0.2, 0) is 0 Å². The molecular formula is C8H8N2O5. The Morgan fingerprint density at radius 1 is 1.60 bits per heavy atom. The summed E-state index contributed by atoms with van der Waals surface area (Å²) in [6, 6.07) is 2.15. The molecule has 0 unspecified atom stereocenters. The van der Waals surface area contributed by atoms with Gasteiger partial charge in [-0.25, -0.2) is 4.79 Å². The first kappa shape index (κ1) is 10.8. The maximum Gasteiger partial charge on any atom is 0.339 e. The number of benzene rings is 1. The zero-order valence-corrected chi connectivity index (χ0v) is 7.76. The summed E-state index contributed by atoms with van der Waals surface area (Å²) >= 11 is 0. The summed E-state index contributed by atoms with van der Waals surface area (Å²) in [5, 5.41) is 19.4. The number of nitrogen functional groups attached to an aromatic ring is 1. The second kappa shape index (κ2) is 3.82. The monoisotopic (exact) mass is 212 g/mol. The molecular weight excluding hydrogens is 204 g/mol. The first-order chi connectivity index (χ1) is 6.97. The third-order valence-electron chi connectivity index (χ3n) is 1.72. The van der Waals surface area contributed by atoms with E-state index in [1.54, 1.807) is 0 Å². The largest absolute Gasteiger partial charge is 0.490 e. The maximum atomic E-state index is 10.7. The van der Waals surface area contributed by atoms with Gasteiger partial charge in [-0.05, 0) is 6.07 Å². The molecule has 0 bridgehead atoms. The number of rotatable bonds is 3. The SMILES string of the molecule is COc1c(C(=O)O)cc(N)cc1[N+](=O)[O-]. The maximum absolute atomic E-state index is 10.7. The third kappa shape index (κ3) is 1.96. The van der Waals surface area contributed by atoms with Crippen LogP contribution >= 0.6 is 0 Å². The van der Waals surface area contributed by atoms with Crippen molar-refractivity contribution in [3.8, 4) is 5.75 Å². The number of carboxylic acid groups (broad SMARTS) is 1. The van der Waals surface area contributed by atoms with E-state index in [-0.39, 0.29) is 17.0 Å². The number of hydrogen-bond donors (Lipinski definition) is 2. The number of ether oxygens (including phenoxy) is 1. The van der Waals surface area contributed by atoms with Gasteiger partial charge in [0.15, 0.2) is 0 Å². The Labute approximate surface area is 84.2 Å². The van der Waals surface area contributed by atoms with Crippen LogP contribution < -0.4 is 10.5 Å². The molecule has 80 valence electrons. The molecule has 0 aromatic heterocycles. The number of nitrogens with two attached hydrogens (primary N) is 1. The molecule has 3 N–H and O–H groups in total. The molecule has 1 rings (SSSR count). The molecule has 0 atom stereocenters. The van der Waals surface area contributed by atoms with Crippen LogP contribution in [0, 0.1) is 10.1 Å². The molecule has 15 heavy (non-hydrogen) atoms. The third-order valence-corrected chi connectivity index (χ3v) is 1.72. The van der Waals surface area contributed by atoms with Crippen LogP contribution in [-0.4, -0.2) is 23.1 Å². The van der Waals surface area contributed by atoms with E-state index in [4.69, 9.17) is 10.8 Å². The van der Waals surface area contributed by atoms with Gasteiger partial charge in [-0.3, -0.25) is 10.1 Å². The van der Waals surface area contributed by atoms with Gasteiger partial charge >= 0.3 is 11.7 Å². The van der Waals surface area contributed by atoms with E-state index in [9.17, 15) is 14.9 Å². The average Bonchev–Trinajstić information content (AvgIpc) is 2.16. The van der Waals surface area contributed by atoms with Crippen molar-refractivity contribution >= 4 is 17.3 Å². The van der Waals surface area contributed by atoms with E-state index >= 15 is 0 Å². The van der Waals surface area contributed by atoms with Crippen molar-refractivity contribution in [3.63, 3.8) is 0 Å². The summed E-state index contributed by atoms with van der Waals surface area (Å²) in [5.74, 6) is -1.64. The highest BCUT2D eigenvalue weighted by Gasteiger charge is 2.23. The highest BCUT2D eigenvalue weighted by atomic mass is 16.6. The zero-order chi connectivity index (χ0) is 11.6. The van der Waals surface area contributed by atoms with Crippen molar-refractivity contribution in [3.05, 3.63) is 27.8 Å². The molecule has 0 saturated carbocycles. The Hall–Kier alpha value is -2.31. The van der Waals surface area contributed by atoms with E-state index in [0.29, 0.717) is 0 Å². The molecule has 0 saturated heterocycles. The van der Waals surface area contributed by atoms with Crippen molar-refractivity contribution in [2.45, 2.75) is 0 Å². The van der Waals surface area contributed by atoms with E-state index in [1.807, 2.05) is 0 Å². The Balaban J connectivity index is 3.52. The van der Waals surface area contributed by atoms with Crippen LogP contribution in [0.1, 0.15) is 10.4 Å². The summed E-state index contributed by atoms with van der Waals surface area (Å²) in [5.41, 5.74) is 4.54. The van der Waals surface area contributed by atoms with Gasteiger partial charge in [0.2, 0.25) is 5.75 Å². The van der Waals surface area contributed by atoms with Crippen LogP contribution in [0.5, 0.6) is 5.75 Å². The van der Waals surface area contributed by atoms with Crippen LogP contribution in [0.2, 0.25) is 0 Å². The quantitative estimate of drug-likeness (QED) is 0.436. The van der Waals surface area contributed by atoms with E-state index in [1.165, 1.54) is 0 Å². The topological polar surface area (TPSA) is 116 Å². The number of nitrogens with zero attached hydrogens (tertiary/aromatic N) is 1. The standard InChI is InChI=1S/C8H8N2O5/c1-15-7-5(8(11)12)2-4(9)3-6(7)10(13)14/h2-3H,9H2,1H3,(H,11,12). The van der Waals surface area contributed by atoms with Gasteiger partial charge in [0, 0.05) is 11.8 Å². The van der Waals surface area contributed by atoms with Crippen molar-refractivity contribution in [2.75, 3.05) is 12.8 Å². The van der Waals surface area contributed by atoms with Gasteiger partial charge in [-0.1, -0.05) is 0 Å². The lowest BCUT2D eigenvalue weighted by Gasteiger charge is -2.06. The van der Waals surface area contributed by atoms with E-state index in [0.717, 1.165) is 19.2 Å². The Bertz CT molecular complexity index is 394. The summed E-state index contributed by atoms with van der Waals surface area (Å²) in [4.78, 5) is 20.6. The fourth-order valence-electron chi connectivity index (χ4n) is 1.14. The molecule has 0 heterocycles. The molecule has 1 aromatic carbocycles. The minimum atomic E-state index is -1.33. The Morgan fingerprint density at radius 3 is 2.60 bits per heavy atom. The predicted octanol–water partition coefficient (Wildman–Crippen LogP) is 0.884. The highest BCUT2D eigenvalue weighted by Crippen LogP contribution is 2.33. The Morgan fingerprint density at radius 2 is 2.20 bits per heavy atom. The van der Waals surface area contributed by atoms with Crippen molar-refractivity contribution in [1.29, 1.82) is 0 Å². The lowest BCUT2D eigenvalue weighted by atomic mass is 10.1. The van der Waals surface area contributed by atoms with Gasteiger partial charge < -0.3 is 15.6 Å². The van der Waals surface area contributed by atoms with Crippen molar-refractivity contribution < 1.29 is 19.6 Å². The van der Waals surface area contributed by atoms with Gasteiger partial charge in [0.05, 0.1) is 12.0 Å². The molecule has 0 aliphatic carbocycles. The van der Waals surface area contributed by atoms with Gasteiger partial charge in [0.25, 0.3) is 0 Å². The fraction of sp³-hybridized carbons (Fsp3) is 0.125. The van der Waals surface area contributed by atoms with Crippen LogP contribution in [0.4, 0.5) is 11.4 Å². The molecule has 0 aliphatic rings. The number of nitro benzene ring substituents is 1. The summed E-state index contributed by atoms with van der Waals surface area (Å²) in [6.45, 7) is 0. The highest BCUT2D eigenvalue weighted by molar-refractivity contribution is 5.94. The van der Waals surface area contributed by atoms with Crippen molar-refractivity contribution in [1.82, 2.24) is 0 Å². The van der Waals surface area contributed by atoms with Crippen LogP contribution in [0.25, 0.3) is 0 Å². The molecule has 0 radical (unpaired) electrons.